The molecule has 36 heavy (non-hydrogen) atoms. The second-order valence-corrected chi connectivity index (χ2v) is 11.1. The third-order valence-corrected chi connectivity index (χ3v) is 6.98. The van der Waals surface area contributed by atoms with Gasteiger partial charge in [0.1, 0.15) is 11.8 Å². The van der Waals surface area contributed by atoms with E-state index in [1.54, 1.807) is 29.2 Å². The van der Waals surface area contributed by atoms with Gasteiger partial charge < -0.3 is 15.0 Å². The first-order chi connectivity index (χ1) is 17.0. The topological polar surface area (TPSA) is 96.0 Å². The van der Waals surface area contributed by atoms with Crippen molar-refractivity contribution in [2.24, 2.45) is 0 Å². The molecule has 9 heteroatoms. The summed E-state index contributed by atoms with van der Waals surface area (Å²) in [5.74, 6) is 0.0428. The number of sulfonamides is 1. The average Bonchev–Trinajstić information content (AvgIpc) is 2.81. The summed E-state index contributed by atoms with van der Waals surface area (Å²) in [5, 5.41) is 2.92. The van der Waals surface area contributed by atoms with E-state index in [2.05, 4.69) is 5.32 Å². The molecule has 2 amide bonds. The average molecular weight is 518 g/mol. The second-order valence-electron chi connectivity index (χ2n) is 9.21. The fraction of sp³-hybridized carbons (Fsp3) is 0.481. The number of carbonyl (C=O) groups is 2. The summed E-state index contributed by atoms with van der Waals surface area (Å²) in [4.78, 5) is 28.0. The smallest absolute Gasteiger partial charge is 0.243 e. The van der Waals surface area contributed by atoms with Crippen LogP contribution in [0.4, 0.5) is 5.69 Å². The van der Waals surface area contributed by atoms with Gasteiger partial charge in [0.05, 0.1) is 19.1 Å². The number of ether oxygens (including phenoxy) is 1. The zero-order valence-corrected chi connectivity index (χ0v) is 23.0. The van der Waals surface area contributed by atoms with Gasteiger partial charge in [-0.3, -0.25) is 13.9 Å². The Kier molecular flexibility index (Phi) is 10.8. The number of aryl methyl sites for hydroxylation is 1. The quantitative estimate of drug-likeness (QED) is 0.435. The van der Waals surface area contributed by atoms with Crippen molar-refractivity contribution in [2.45, 2.75) is 65.6 Å². The van der Waals surface area contributed by atoms with E-state index in [0.29, 0.717) is 24.4 Å². The third-order valence-electron chi connectivity index (χ3n) is 5.80. The van der Waals surface area contributed by atoms with Crippen LogP contribution in [0, 0.1) is 6.92 Å². The molecule has 1 N–H and O–H groups in total. The van der Waals surface area contributed by atoms with Crippen LogP contribution in [0.5, 0.6) is 5.75 Å². The van der Waals surface area contributed by atoms with Crippen molar-refractivity contribution in [3.8, 4) is 5.75 Å². The number of carbonyl (C=O) groups excluding carboxylic acids is 2. The highest BCUT2D eigenvalue weighted by molar-refractivity contribution is 7.92. The van der Waals surface area contributed by atoms with Gasteiger partial charge in [0, 0.05) is 25.6 Å². The minimum atomic E-state index is -3.60. The number of amides is 2. The van der Waals surface area contributed by atoms with Gasteiger partial charge in [-0.15, -0.1) is 0 Å². The molecule has 0 saturated heterocycles. The van der Waals surface area contributed by atoms with Crippen molar-refractivity contribution in [2.75, 3.05) is 24.2 Å². The van der Waals surface area contributed by atoms with Gasteiger partial charge in [-0.2, -0.15) is 0 Å². The van der Waals surface area contributed by atoms with E-state index in [1.807, 2.05) is 52.0 Å². The largest absolute Gasteiger partial charge is 0.495 e. The fourth-order valence-electron chi connectivity index (χ4n) is 4.01. The van der Waals surface area contributed by atoms with E-state index >= 15 is 0 Å². The summed E-state index contributed by atoms with van der Waals surface area (Å²) in [6.45, 7) is 8.05. The van der Waals surface area contributed by atoms with Crippen LogP contribution in [0.25, 0.3) is 0 Å². The molecule has 0 aliphatic rings. The van der Waals surface area contributed by atoms with Crippen LogP contribution in [0.15, 0.2) is 48.5 Å². The number of hydrogen-bond donors (Lipinski definition) is 1. The summed E-state index contributed by atoms with van der Waals surface area (Å²) >= 11 is 0. The maximum Gasteiger partial charge on any atom is 0.243 e. The first-order valence-corrected chi connectivity index (χ1v) is 14.1. The summed E-state index contributed by atoms with van der Waals surface area (Å²) in [6, 6.07) is 14.1. The van der Waals surface area contributed by atoms with E-state index in [4.69, 9.17) is 4.74 Å². The standard InChI is InChI=1S/C27H39N3O5S/c1-7-23(27(32)28-20(2)3)29(19-22-16-14-21(4)15-17-22)26(31)13-10-18-30(36(6,33)34)24-11-8-9-12-25(24)35-5/h8-9,11-12,14-17,20,23H,7,10,13,18-19H2,1-6H3,(H,28,32)/t23-/m1/s1. The highest BCUT2D eigenvalue weighted by Gasteiger charge is 2.29. The van der Waals surface area contributed by atoms with Gasteiger partial charge in [-0.05, 0) is 51.3 Å². The minimum Gasteiger partial charge on any atom is -0.495 e. The van der Waals surface area contributed by atoms with E-state index < -0.39 is 16.1 Å². The Hall–Kier alpha value is -3.07. The number of hydrogen-bond acceptors (Lipinski definition) is 5. The Morgan fingerprint density at radius 3 is 2.25 bits per heavy atom. The van der Waals surface area contributed by atoms with Crippen molar-refractivity contribution >= 4 is 27.5 Å². The van der Waals surface area contributed by atoms with Gasteiger partial charge in [0.15, 0.2) is 0 Å². The summed E-state index contributed by atoms with van der Waals surface area (Å²) < 4.78 is 31.7. The highest BCUT2D eigenvalue weighted by Crippen LogP contribution is 2.29. The zero-order chi connectivity index (χ0) is 26.9. The highest BCUT2D eigenvalue weighted by atomic mass is 32.2. The number of para-hydroxylation sites is 2. The Morgan fingerprint density at radius 2 is 1.69 bits per heavy atom. The number of nitrogens with one attached hydrogen (secondary N) is 1. The molecular weight excluding hydrogens is 478 g/mol. The lowest BCUT2D eigenvalue weighted by Gasteiger charge is -2.31. The van der Waals surface area contributed by atoms with E-state index in [1.165, 1.54) is 11.4 Å². The lowest BCUT2D eigenvalue weighted by Crippen LogP contribution is -2.50. The Morgan fingerprint density at radius 1 is 1.06 bits per heavy atom. The van der Waals surface area contributed by atoms with Gasteiger partial charge in [-0.25, -0.2) is 8.42 Å². The molecule has 2 aromatic carbocycles. The van der Waals surface area contributed by atoms with Crippen molar-refractivity contribution in [1.29, 1.82) is 0 Å². The molecule has 0 radical (unpaired) electrons. The van der Waals surface area contributed by atoms with Crippen LogP contribution in [0.3, 0.4) is 0 Å². The molecule has 2 rings (SSSR count). The van der Waals surface area contributed by atoms with E-state index in [-0.39, 0.29) is 37.2 Å². The van der Waals surface area contributed by atoms with Gasteiger partial charge >= 0.3 is 0 Å². The molecule has 0 aromatic heterocycles. The first-order valence-electron chi connectivity index (χ1n) is 12.2. The molecule has 8 nitrogen and oxygen atoms in total. The van der Waals surface area contributed by atoms with Gasteiger partial charge in [-0.1, -0.05) is 48.9 Å². The summed E-state index contributed by atoms with van der Waals surface area (Å²) in [7, 11) is -2.12. The van der Waals surface area contributed by atoms with Crippen LogP contribution < -0.4 is 14.4 Å². The zero-order valence-electron chi connectivity index (χ0n) is 22.2. The maximum absolute atomic E-state index is 13.4. The molecule has 0 unspecified atom stereocenters. The number of anilines is 1. The fourth-order valence-corrected chi connectivity index (χ4v) is 4.98. The second kappa shape index (κ2) is 13.3. The van der Waals surface area contributed by atoms with Gasteiger partial charge in [0.25, 0.3) is 0 Å². The molecular formula is C27H39N3O5S. The van der Waals surface area contributed by atoms with Crippen molar-refractivity contribution in [3.63, 3.8) is 0 Å². The predicted molar refractivity (Wildman–Crippen MR) is 144 cm³/mol. The van der Waals surface area contributed by atoms with E-state index in [0.717, 1.165) is 17.4 Å². The Balaban J connectivity index is 2.24. The van der Waals surface area contributed by atoms with Crippen LogP contribution in [-0.2, 0) is 26.2 Å². The van der Waals surface area contributed by atoms with Crippen LogP contribution >= 0.6 is 0 Å². The number of methoxy groups -OCH3 is 1. The van der Waals surface area contributed by atoms with Crippen LogP contribution in [0.2, 0.25) is 0 Å². The van der Waals surface area contributed by atoms with E-state index in [9.17, 15) is 18.0 Å². The van der Waals surface area contributed by atoms with Crippen molar-refractivity contribution in [1.82, 2.24) is 10.2 Å². The Bertz CT molecular complexity index is 1120. The third kappa shape index (κ3) is 8.26. The molecule has 198 valence electrons. The SMILES string of the molecule is CC[C@H](C(=O)NC(C)C)N(Cc1ccc(C)cc1)C(=O)CCCN(c1ccccc1OC)S(C)(=O)=O. The molecule has 0 aliphatic carbocycles. The van der Waals surface area contributed by atoms with Crippen LogP contribution in [-0.4, -0.2) is 57.1 Å². The molecule has 0 spiro atoms. The van der Waals surface area contributed by atoms with Gasteiger partial charge in [0.2, 0.25) is 21.8 Å². The monoisotopic (exact) mass is 517 g/mol. The molecule has 0 saturated carbocycles. The molecule has 0 fully saturated rings. The predicted octanol–water partition coefficient (Wildman–Crippen LogP) is 3.88. The Labute approximate surface area is 215 Å². The first kappa shape index (κ1) is 29.2. The number of nitrogens with zero attached hydrogens (tertiary/aromatic N) is 2. The van der Waals surface area contributed by atoms with Crippen LogP contribution in [0.1, 0.15) is 51.2 Å². The number of benzene rings is 2. The lowest BCUT2D eigenvalue weighted by atomic mass is 10.1. The molecule has 1 atom stereocenters. The van der Waals surface area contributed by atoms with Crippen molar-refractivity contribution < 1.29 is 22.7 Å². The molecule has 0 heterocycles. The molecule has 0 bridgehead atoms. The maximum atomic E-state index is 13.4. The van der Waals surface area contributed by atoms with Crippen molar-refractivity contribution in [3.05, 3.63) is 59.7 Å². The number of rotatable bonds is 13. The summed E-state index contributed by atoms with van der Waals surface area (Å²) in [5.41, 5.74) is 2.46. The molecule has 0 aliphatic heterocycles. The normalized spacial score (nSPS) is 12.2. The summed E-state index contributed by atoms with van der Waals surface area (Å²) in [6.07, 6.45) is 1.98. The molecule has 2 aromatic rings. The minimum absolute atomic E-state index is 0.0490. The lowest BCUT2D eigenvalue weighted by molar-refractivity contribution is -0.141.